The summed E-state index contributed by atoms with van der Waals surface area (Å²) in [5.74, 6) is 3.08. The van der Waals surface area contributed by atoms with Crippen molar-refractivity contribution in [3.05, 3.63) is 42.0 Å². The lowest BCUT2D eigenvalue weighted by Crippen LogP contribution is -2.46. The highest BCUT2D eigenvalue weighted by Gasteiger charge is 2.52. The minimum atomic E-state index is 0. The number of unbranched alkanes of at least 4 members (excludes halogenated alkanes) is 2. The van der Waals surface area contributed by atoms with Gasteiger partial charge in [-0.2, -0.15) is 0 Å². The lowest BCUT2D eigenvalue weighted by molar-refractivity contribution is -0.0178. The summed E-state index contributed by atoms with van der Waals surface area (Å²) in [6.45, 7) is 4.02. The molecule has 1 saturated heterocycles. The second-order valence-electron chi connectivity index (χ2n) is 10.6. The van der Waals surface area contributed by atoms with E-state index in [4.69, 9.17) is 0 Å². The third-order valence-electron chi connectivity index (χ3n) is 8.42. The Kier molecular flexibility index (Phi) is 7.07. The van der Waals surface area contributed by atoms with Crippen molar-refractivity contribution in [3.8, 4) is 0 Å². The summed E-state index contributed by atoms with van der Waals surface area (Å²) < 4.78 is 0. The van der Waals surface area contributed by atoms with Crippen LogP contribution in [0.3, 0.4) is 0 Å². The second-order valence-corrected chi connectivity index (χ2v) is 10.6. The first-order chi connectivity index (χ1) is 13.8. The smallest absolute Gasteiger partial charge is 0.00186 e. The van der Waals surface area contributed by atoms with Crippen molar-refractivity contribution in [1.82, 2.24) is 4.90 Å². The summed E-state index contributed by atoms with van der Waals surface area (Å²) in [6, 6.07) is 11.5. The first kappa shape index (κ1) is 21.4. The van der Waals surface area contributed by atoms with Crippen molar-refractivity contribution >= 4 is 18.0 Å². The molecule has 1 heterocycles. The van der Waals surface area contributed by atoms with Crippen molar-refractivity contribution in [2.45, 2.75) is 77.0 Å². The molecule has 1 aliphatic heterocycles. The summed E-state index contributed by atoms with van der Waals surface area (Å²) in [5.41, 5.74) is 3.79. The van der Waals surface area contributed by atoms with Gasteiger partial charge in [-0.1, -0.05) is 42.8 Å². The van der Waals surface area contributed by atoms with Gasteiger partial charge < -0.3 is 4.90 Å². The zero-order chi connectivity index (χ0) is 18.8. The van der Waals surface area contributed by atoms with Crippen molar-refractivity contribution in [2.75, 3.05) is 19.6 Å². The Balaban J connectivity index is 0.00000205. The lowest BCUT2D eigenvalue weighted by Gasteiger charge is -2.58. The molecule has 29 heavy (non-hydrogen) atoms. The molecule has 1 aromatic rings. The van der Waals surface area contributed by atoms with Crippen LogP contribution in [0.15, 0.2) is 36.4 Å². The van der Waals surface area contributed by atoms with Gasteiger partial charge in [-0.25, -0.2) is 0 Å². The number of allylic oxidation sites excluding steroid dienone is 2. The molecule has 0 amide bonds. The first-order valence-electron chi connectivity index (χ1n) is 12.3. The molecule has 2 heteroatoms. The van der Waals surface area contributed by atoms with Crippen molar-refractivity contribution < 1.29 is 0 Å². The summed E-state index contributed by atoms with van der Waals surface area (Å²) in [6.07, 6.45) is 20.1. The highest BCUT2D eigenvalue weighted by molar-refractivity contribution is 5.85. The van der Waals surface area contributed by atoms with Crippen molar-refractivity contribution in [3.63, 3.8) is 0 Å². The minimum absolute atomic E-state index is 0. The van der Waals surface area contributed by atoms with Gasteiger partial charge >= 0.3 is 0 Å². The van der Waals surface area contributed by atoms with Gasteiger partial charge in [-0.3, -0.25) is 0 Å². The molecule has 4 saturated carbocycles. The number of halogens is 1. The average Bonchev–Trinajstić information content (AvgIpc) is 2.71. The van der Waals surface area contributed by atoms with E-state index in [2.05, 4.69) is 41.3 Å². The lowest BCUT2D eigenvalue weighted by atomic mass is 9.47. The Bertz CT molecular complexity index is 638. The number of hydrogen-bond acceptors (Lipinski definition) is 1. The predicted octanol–water partition coefficient (Wildman–Crippen LogP) is 7.36. The number of hydrogen-bond donors (Lipinski definition) is 0. The fraction of sp³-hybridized carbons (Fsp3) is 0.704. The first-order valence-corrected chi connectivity index (χ1v) is 12.3. The normalized spacial score (nSPS) is 34.2. The van der Waals surface area contributed by atoms with Crippen LogP contribution >= 0.6 is 12.4 Å². The van der Waals surface area contributed by atoms with Crippen LogP contribution in [0.4, 0.5) is 0 Å². The molecule has 5 aliphatic rings. The number of rotatable bonds is 7. The molecule has 5 fully saturated rings. The molecule has 1 aromatic carbocycles. The Morgan fingerprint density at radius 2 is 1.48 bits per heavy atom. The topological polar surface area (TPSA) is 3.24 Å². The fourth-order valence-electron chi connectivity index (χ4n) is 7.61. The number of likely N-dealkylation sites (tertiary alicyclic amines) is 1. The zero-order valence-corrected chi connectivity index (χ0v) is 19.0. The highest BCUT2D eigenvalue weighted by atomic mass is 35.5. The van der Waals surface area contributed by atoms with Crippen LogP contribution in [0, 0.1) is 23.2 Å². The number of benzene rings is 1. The van der Waals surface area contributed by atoms with Gasteiger partial charge in [0.05, 0.1) is 0 Å². The van der Waals surface area contributed by atoms with E-state index < -0.39 is 0 Å². The van der Waals surface area contributed by atoms with Crippen LogP contribution in [-0.4, -0.2) is 24.5 Å². The molecule has 0 unspecified atom stereocenters. The van der Waals surface area contributed by atoms with Crippen LogP contribution in [0.2, 0.25) is 0 Å². The number of nitrogens with zero attached hydrogens (tertiary/aromatic N) is 1. The fourth-order valence-corrected chi connectivity index (χ4v) is 7.61. The van der Waals surface area contributed by atoms with Gasteiger partial charge in [0.2, 0.25) is 0 Å². The van der Waals surface area contributed by atoms with E-state index in [1.807, 2.05) is 0 Å². The molecule has 160 valence electrons. The Hall–Kier alpha value is -0.790. The Morgan fingerprint density at radius 3 is 2.10 bits per heavy atom. The molecule has 0 spiro atoms. The van der Waals surface area contributed by atoms with E-state index in [0.717, 1.165) is 17.8 Å². The third-order valence-corrected chi connectivity index (χ3v) is 8.42. The summed E-state index contributed by atoms with van der Waals surface area (Å²) in [4.78, 5) is 2.70. The van der Waals surface area contributed by atoms with Crippen LogP contribution in [0.25, 0.3) is 5.57 Å². The van der Waals surface area contributed by atoms with Gasteiger partial charge in [0.25, 0.3) is 0 Å². The van der Waals surface area contributed by atoms with Gasteiger partial charge in [0.1, 0.15) is 0 Å². The molecule has 0 aromatic heterocycles. The SMILES string of the molecule is C(CCCCN1CCCCC1)=C(c1ccccc1)C12CC3CC(CC(C3)C1)C2.Cl. The molecule has 0 radical (unpaired) electrons. The van der Waals surface area contributed by atoms with E-state index in [1.54, 1.807) is 5.57 Å². The van der Waals surface area contributed by atoms with E-state index >= 15 is 0 Å². The quantitative estimate of drug-likeness (QED) is 0.422. The van der Waals surface area contributed by atoms with Crippen molar-refractivity contribution in [1.29, 1.82) is 0 Å². The second kappa shape index (κ2) is 9.56. The molecule has 0 N–H and O–H groups in total. The van der Waals surface area contributed by atoms with E-state index in [-0.39, 0.29) is 12.4 Å². The van der Waals surface area contributed by atoms with Gasteiger partial charge in [-0.15, -0.1) is 12.4 Å². The van der Waals surface area contributed by atoms with Crippen LogP contribution in [0.5, 0.6) is 0 Å². The standard InChI is InChI=1S/C27H39N.ClH/c1-4-10-25(11-5-1)26(12-6-2-7-13-28-14-8-3-9-15-28)27-19-22-16-23(20-27)18-24(17-22)21-27;/h1,4-5,10-12,22-24H,2-3,6-9,13-21H2;1H. The molecule has 0 atom stereocenters. The zero-order valence-electron chi connectivity index (χ0n) is 18.2. The maximum atomic E-state index is 2.70. The maximum absolute atomic E-state index is 2.70. The molecule has 6 rings (SSSR count). The van der Waals surface area contributed by atoms with Gasteiger partial charge in [0.15, 0.2) is 0 Å². The van der Waals surface area contributed by atoms with Crippen LogP contribution < -0.4 is 0 Å². The third kappa shape index (κ3) is 4.77. The van der Waals surface area contributed by atoms with Crippen LogP contribution in [-0.2, 0) is 0 Å². The molecule has 1 nitrogen and oxygen atoms in total. The molecular weight excluding hydrogens is 374 g/mol. The maximum Gasteiger partial charge on any atom is -0.00186 e. The summed E-state index contributed by atoms with van der Waals surface area (Å²) >= 11 is 0. The monoisotopic (exact) mass is 413 g/mol. The number of piperidine rings is 1. The average molecular weight is 414 g/mol. The summed E-state index contributed by atoms with van der Waals surface area (Å²) in [5, 5.41) is 0. The Morgan fingerprint density at radius 1 is 0.862 bits per heavy atom. The predicted molar refractivity (Wildman–Crippen MR) is 126 cm³/mol. The van der Waals surface area contributed by atoms with Gasteiger partial charge in [-0.05, 0) is 125 Å². The summed E-state index contributed by atoms with van der Waals surface area (Å²) in [7, 11) is 0. The minimum Gasteiger partial charge on any atom is -0.303 e. The van der Waals surface area contributed by atoms with E-state index in [0.29, 0.717) is 5.41 Å². The van der Waals surface area contributed by atoms with Crippen LogP contribution in [0.1, 0.15) is 82.6 Å². The highest BCUT2D eigenvalue weighted by Crippen LogP contribution is 2.64. The molecule has 4 bridgehead atoms. The molecular formula is C27H40ClN. The Labute approximate surface area is 184 Å². The van der Waals surface area contributed by atoms with E-state index in [1.165, 1.54) is 102 Å². The van der Waals surface area contributed by atoms with Crippen molar-refractivity contribution in [2.24, 2.45) is 23.2 Å². The largest absolute Gasteiger partial charge is 0.303 e. The van der Waals surface area contributed by atoms with E-state index in [9.17, 15) is 0 Å². The molecule has 4 aliphatic carbocycles. The van der Waals surface area contributed by atoms with Gasteiger partial charge in [0, 0.05) is 0 Å².